The van der Waals surface area contributed by atoms with Crippen LogP contribution in [0.4, 0.5) is 0 Å². The van der Waals surface area contributed by atoms with Gasteiger partial charge in [0.25, 0.3) is 0 Å². The van der Waals surface area contributed by atoms with E-state index in [1.807, 2.05) is 22.8 Å². The van der Waals surface area contributed by atoms with Crippen molar-refractivity contribution < 1.29 is 14.6 Å². The van der Waals surface area contributed by atoms with E-state index < -0.39 is 0 Å². The summed E-state index contributed by atoms with van der Waals surface area (Å²) in [6.07, 6.45) is 2.50. The summed E-state index contributed by atoms with van der Waals surface area (Å²) in [4.78, 5) is 15.7. The van der Waals surface area contributed by atoms with E-state index in [9.17, 15) is 9.90 Å². The molecular weight excluding hydrogens is 300 g/mol. The van der Waals surface area contributed by atoms with Gasteiger partial charge in [-0.1, -0.05) is 42.1 Å². The molecule has 0 saturated carbocycles. The average Bonchev–Trinajstić information content (AvgIpc) is 2.94. The minimum Gasteiger partial charge on any atom is -0.465 e. The molecule has 0 fully saturated rings. The van der Waals surface area contributed by atoms with Crippen molar-refractivity contribution in [1.29, 1.82) is 0 Å². The van der Waals surface area contributed by atoms with E-state index in [4.69, 9.17) is 4.74 Å². The van der Waals surface area contributed by atoms with E-state index in [1.54, 1.807) is 13.1 Å². The Bertz CT molecular complexity index is 599. The Kier molecular flexibility index (Phi) is 6.48. The van der Waals surface area contributed by atoms with Gasteiger partial charge >= 0.3 is 5.97 Å². The Labute approximate surface area is 134 Å². The third kappa shape index (κ3) is 4.61. The highest BCUT2D eigenvalue weighted by molar-refractivity contribution is 7.99. The van der Waals surface area contributed by atoms with Crippen molar-refractivity contribution in [3.05, 3.63) is 47.8 Å². The standard InChI is InChI=1S/C16H20N2O3S/c1-2-21-15(20)12-22-16-17-10-14(11-19)18(16)9-8-13-6-4-3-5-7-13/h3-7,10,19H,2,8-9,11-12H2,1H3. The molecule has 0 radical (unpaired) electrons. The number of carbonyl (C=O) groups excluding carboxylic acids is 1. The van der Waals surface area contributed by atoms with Gasteiger partial charge in [-0.15, -0.1) is 0 Å². The van der Waals surface area contributed by atoms with Crippen LogP contribution < -0.4 is 0 Å². The number of rotatable bonds is 8. The van der Waals surface area contributed by atoms with Gasteiger partial charge in [-0.25, -0.2) is 4.98 Å². The second-order valence-corrected chi connectivity index (χ2v) is 5.61. The summed E-state index contributed by atoms with van der Waals surface area (Å²) in [5.41, 5.74) is 1.98. The number of benzene rings is 1. The number of hydrogen-bond acceptors (Lipinski definition) is 5. The molecule has 1 heterocycles. The fraction of sp³-hybridized carbons (Fsp3) is 0.375. The lowest BCUT2D eigenvalue weighted by Gasteiger charge is -2.10. The number of hydrogen-bond donors (Lipinski definition) is 1. The van der Waals surface area contributed by atoms with Crippen LogP contribution in [0, 0.1) is 0 Å². The molecule has 1 aromatic carbocycles. The molecule has 5 nitrogen and oxygen atoms in total. The van der Waals surface area contributed by atoms with Gasteiger partial charge in [0, 0.05) is 6.54 Å². The van der Waals surface area contributed by atoms with Crippen LogP contribution in [0.2, 0.25) is 0 Å². The number of thioether (sulfide) groups is 1. The molecule has 0 saturated heterocycles. The van der Waals surface area contributed by atoms with Crippen molar-refractivity contribution >= 4 is 17.7 Å². The quantitative estimate of drug-likeness (QED) is 0.597. The highest BCUT2D eigenvalue weighted by Gasteiger charge is 2.12. The molecule has 0 amide bonds. The summed E-state index contributed by atoms with van der Waals surface area (Å²) in [6, 6.07) is 10.1. The van der Waals surface area contributed by atoms with E-state index in [-0.39, 0.29) is 18.3 Å². The van der Waals surface area contributed by atoms with Gasteiger partial charge in [0.05, 0.1) is 30.9 Å². The van der Waals surface area contributed by atoms with E-state index in [2.05, 4.69) is 17.1 Å². The van der Waals surface area contributed by atoms with Crippen molar-refractivity contribution in [2.45, 2.75) is 31.7 Å². The molecule has 118 valence electrons. The summed E-state index contributed by atoms with van der Waals surface area (Å²) in [6.45, 7) is 2.81. The molecule has 2 rings (SSSR count). The molecule has 0 aliphatic heterocycles. The first-order chi connectivity index (χ1) is 10.7. The van der Waals surface area contributed by atoms with Crippen LogP contribution in [-0.4, -0.2) is 33.0 Å². The lowest BCUT2D eigenvalue weighted by Crippen LogP contribution is -2.10. The third-order valence-electron chi connectivity index (χ3n) is 3.15. The van der Waals surface area contributed by atoms with Gasteiger partial charge in [0.15, 0.2) is 5.16 Å². The Morgan fingerprint density at radius 1 is 1.36 bits per heavy atom. The lowest BCUT2D eigenvalue weighted by atomic mass is 10.1. The largest absolute Gasteiger partial charge is 0.465 e. The molecule has 1 N–H and O–H groups in total. The summed E-state index contributed by atoms with van der Waals surface area (Å²) in [5.74, 6) is -0.0307. The van der Waals surface area contributed by atoms with E-state index in [0.717, 1.165) is 17.3 Å². The van der Waals surface area contributed by atoms with Crippen molar-refractivity contribution in [3.8, 4) is 0 Å². The molecule has 0 spiro atoms. The van der Waals surface area contributed by atoms with Gasteiger partial charge < -0.3 is 14.4 Å². The second kappa shape index (κ2) is 8.60. The molecule has 0 aliphatic carbocycles. The molecule has 1 aromatic heterocycles. The topological polar surface area (TPSA) is 64.3 Å². The monoisotopic (exact) mass is 320 g/mol. The smallest absolute Gasteiger partial charge is 0.316 e. The Hall–Kier alpha value is -1.79. The van der Waals surface area contributed by atoms with Gasteiger partial charge in [0.1, 0.15) is 0 Å². The molecule has 0 unspecified atom stereocenters. The van der Waals surface area contributed by atoms with Crippen LogP contribution in [0.5, 0.6) is 0 Å². The van der Waals surface area contributed by atoms with Gasteiger partial charge in [-0.3, -0.25) is 4.79 Å². The van der Waals surface area contributed by atoms with Crippen LogP contribution in [0.15, 0.2) is 41.7 Å². The predicted octanol–water partition coefficient (Wildman–Crippen LogP) is 2.27. The Morgan fingerprint density at radius 2 is 2.14 bits per heavy atom. The Balaban J connectivity index is 2.01. The maximum Gasteiger partial charge on any atom is 0.316 e. The maximum absolute atomic E-state index is 11.5. The van der Waals surface area contributed by atoms with Crippen molar-refractivity contribution in [1.82, 2.24) is 9.55 Å². The van der Waals surface area contributed by atoms with E-state index >= 15 is 0 Å². The SMILES string of the molecule is CCOC(=O)CSc1ncc(CO)n1CCc1ccccc1. The summed E-state index contributed by atoms with van der Waals surface area (Å²) in [7, 11) is 0. The summed E-state index contributed by atoms with van der Waals surface area (Å²) in [5, 5.41) is 10.2. The normalized spacial score (nSPS) is 10.6. The third-order valence-corrected chi connectivity index (χ3v) is 4.12. The number of aliphatic hydroxyl groups is 1. The van der Waals surface area contributed by atoms with Crippen LogP contribution in [0.25, 0.3) is 0 Å². The van der Waals surface area contributed by atoms with Gasteiger partial charge in [-0.05, 0) is 18.9 Å². The van der Waals surface area contributed by atoms with Crippen molar-refractivity contribution in [3.63, 3.8) is 0 Å². The number of aromatic nitrogens is 2. The molecule has 0 atom stereocenters. The number of nitrogens with zero attached hydrogens (tertiary/aromatic N) is 2. The predicted molar refractivity (Wildman–Crippen MR) is 85.7 cm³/mol. The number of imidazole rings is 1. The van der Waals surface area contributed by atoms with Gasteiger partial charge in [0.2, 0.25) is 0 Å². The molecule has 22 heavy (non-hydrogen) atoms. The molecule has 0 aliphatic rings. The number of ether oxygens (including phenoxy) is 1. The number of aliphatic hydroxyl groups excluding tert-OH is 1. The van der Waals surface area contributed by atoms with Crippen LogP contribution in [-0.2, 0) is 29.1 Å². The van der Waals surface area contributed by atoms with Crippen molar-refractivity contribution in [2.75, 3.05) is 12.4 Å². The molecular formula is C16H20N2O3S. The average molecular weight is 320 g/mol. The molecule has 2 aromatic rings. The van der Waals surface area contributed by atoms with Crippen molar-refractivity contribution in [2.24, 2.45) is 0 Å². The number of aryl methyl sites for hydroxylation is 1. The number of carbonyl (C=O) groups is 1. The lowest BCUT2D eigenvalue weighted by molar-refractivity contribution is -0.139. The zero-order valence-electron chi connectivity index (χ0n) is 12.6. The second-order valence-electron chi connectivity index (χ2n) is 4.67. The van der Waals surface area contributed by atoms with Crippen LogP contribution in [0.3, 0.4) is 0 Å². The van der Waals surface area contributed by atoms with Gasteiger partial charge in [-0.2, -0.15) is 0 Å². The fourth-order valence-corrected chi connectivity index (χ4v) is 2.91. The summed E-state index contributed by atoms with van der Waals surface area (Å²) < 4.78 is 6.87. The highest BCUT2D eigenvalue weighted by Crippen LogP contribution is 2.20. The first-order valence-electron chi connectivity index (χ1n) is 7.22. The first-order valence-corrected chi connectivity index (χ1v) is 8.20. The molecule has 0 bridgehead atoms. The highest BCUT2D eigenvalue weighted by atomic mass is 32.2. The summed E-state index contributed by atoms with van der Waals surface area (Å²) >= 11 is 1.33. The minimum atomic E-state index is -0.254. The zero-order valence-corrected chi connectivity index (χ0v) is 13.4. The van der Waals surface area contributed by atoms with E-state index in [0.29, 0.717) is 13.2 Å². The minimum absolute atomic E-state index is 0.0677. The Morgan fingerprint density at radius 3 is 2.82 bits per heavy atom. The zero-order chi connectivity index (χ0) is 15.8. The molecule has 6 heteroatoms. The first kappa shape index (κ1) is 16.6. The maximum atomic E-state index is 11.5. The van der Waals surface area contributed by atoms with Crippen LogP contribution >= 0.6 is 11.8 Å². The van der Waals surface area contributed by atoms with E-state index in [1.165, 1.54) is 17.3 Å². The van der Waals surface area contributed by atoms with Crippen LogP contribution in [0.1, 0.15) is 18.2 Å². The number of esters is 1. The fourth-order valence-electron chi connectivity index (χ4n) is 2.08.